The second kappa shape index (κ2) is 6.21. The zero-order valence-corrected chi connectivity index (χ0v) is 13.6. The van der Waals surface area contributed by atoms with Crippen molar-refractivity contribution in [3.05, 3.63) is 35.1 Å². The maximum atomic E-state index is 12.8. The molecule has 1 amide bonds. The van der Waals surface area contributed by atoms with Crippen molar-refractivity contribution in [2.75, 3.05) is 6.61 Å². The fourth-order valence-corrected chi connectivity index (χ4v) is 2.67. The summed E-state index contributed by atoms with van der Waals surface area (Å²) in [5.41, 5.74) is 3.62. The van der Waals surface area contributed by atoms with Gasteiger partial charge in [0.1, 0.15) is 5.15 Å². The van der Waals surface area contributed by atoms with Crippen molar-refractivity contribution in [1.29, 1.82) is 0 Å². The predicted octanol–water partition coefficient (Wildman–Crippen LogP) is 3.13. The second-order valence-corrected chi connectivity index (χ2v) is 6.21. The van der Waals surface area contributed by atoms with Gasteiger partial charge in [-0.2, -0.15) is 13.2 Å². The number of hydrogen-bond donors (Lipinski definition) is 1. The summed E-state index contributed by atoms with van der Waals surface area (Å²) in [5, 5.41) is 4.01. The Kier molecular flexibility index (Phi) is 4.36. The van der Waals surface area contributed by atoms with Crippen LogP contribution in [0.5, 0.6) is 5.88 Å². The van der Waals surface area contributed by atoms with Crippen LogP contribution in [-0.2, 0) is 0 Å². The lowest BCUT2D eigenvalue weighted by atomic mass is 10.0. The van der Waals surface area contributed by atoms with Crippen molar-refractivity contribution in [2.45, 2.75) is 25.4 Å². The lowest BCUT2D eigenvalue weighted by Crippen LogP contribution is -2.26. The number of carbonyl (C=O) groups excluding carboxylic acids is 1. The van der Waals surface area contributed by atoms with E-state index in [-0.39, 0.29) is 42.5 Å². The average molecular weight is 375 g/mol. The highest BCUT2D eigenvalue weighted by Crippen LogP contribution is 2.59. The van der Waals surface area contributed by atoms with E-state index in [0.29, 0.717) is 5.82 Å². The molecule has 25 heavy (non-hydrogen) atoms. The molecular formula is C15H14ClF3N4O2. The van der Waals surface area contributed by atoms with E-state index in [4.69, 9.17) is 22.1 Å². The molecule has 0 saturated heterocycles. The van der Waals surface area contributed by atoms with E-state index < -0.39 is 17.5 Å². The maximum Gasteiger partial charge on any atom is 0.394 e. The Hall–Kier alpha value is -2.29. The van der Waals surface area contributed by atoms with E-state index in [9.17, 15) is 18.0 Å². The Morgan fingerprint density at radius 3 is 2.64 bits per heavy atom. The molecule has 2 N–H and O–H groups in total. The molecule has 0 aromatic carbocycles. The van der Waals surface area contributed by atoms with Gasteiger partial charge in [-0.1, -0.05) is 11.6 Å². The molecule has 134 valence electrons. The summed E-state index contributed by atoms with van der Waals surface area (Å²) in [5.74, 6) is -0.208. The van der Waals surface area contributed by atoms with Gasteiger partial charge in [0.2, 0.25) is 5.88 Å². The standard InChI is InChI=1S/C15H14ClF3N4O2/c16-12-9(13(20)24)1-2-10(21-12)23-7-3-11(22-23)25-8-6-14(4-5-14)15(17,18)19/h1-3,7H,4-6,8H2,(H2,20,24). The van der Waals surface area contributed by atoms with Crippen molar-refractivity contribution in [2.24, 2.45) is 11.1 Å². The van der Waals surface area contributed by atoms with Crippen LogP contribution in [0.15, 0.2) is 24.4 Å². The molecule has 0 radical (unpaired) electrons. The second-order valence-electron chi connectivity index (χ2n) is 5.85. The van der Waals surface area contributed by atoms with E-state index in [1.54, 1.807) is 0 Å². The van der Waals surface area contributed by atoms with Crippen molar-refractivity contribution < 1.29 is 22.7 Å². The number of aromatic nitrogens is 3. The summed E-state index contributed by atoms with van der Waals surface area (Å²) in [6.45, 7) is -0.0781. The number of carbonyl (C=O) groups is 1. The number of amides is 1. The van der Waals surface area contributed by atoms with Gasteiger partial charge in [0, 0.05) is 12.3 Å². The maximum absolute atomic E-state index is 12.8. The number of hydrogen-bond acceptors (Lipinski definition) is 4. The third-order valence-electron chi connectivity index (χ3n) is 4.18. The lowest BCUT2D eigenvalue weighted by Gasteiger charge is -2.18. The number of nitrogens with two attached hydrogens (primary N) is 1. The highest BCUT2D eigenvalue weighted by molar-refractivity contribution is 6.32. The van der Waals surface area contributed by atoms with E-state index >= 15 is 0 Å². The van der Waals surface area contributed by atoms with Gasteiger partial charge >= 0.3 is 6.18 Å². The Bertz CT molecular complexity index is 802. The zero-order valence-electron chi connectivity index (χ0n) is 12.9. The Balaban J connectivity index is 1.63. The summed E-state index contributed by atoms with van der Waals surface area (Å²) in [7, 11) is 0. The van der Waals surface area contributed by atoms with Crippen LogP contribution in [0.2, 0.25) is 5.15 Å². The average Bonchev–Trinajstić information content (AvgIpc) is 3.17. The van der Waals surface area contributed by atoms with Crippen molar-refractivity contribution in [1.82, 2.24) is 14.8 Å². The molecule has 10 heteroatoms. The van der Waals surface area contributed by atoms with Crippen LogP contribution in [0.1, 0.15) is 29.6 Å². The molecular weight excluding hydrogens is 361 g/mol. The third kappa shape index (κ3) is 3.55. The number of alkyl halides is 3. The topological polar surface area (TPSA) is 83.0 Å². The molecule has 0 atom stereocenters. The molecule has 0 bridgehead atoms. The van der Waals surface area contributed by atoms with Crippen LogP contribution < -0.4 is 10.5 Å². The normalized spacial score (nSPS) is 15.8. The van der Waals surface area contributed by atoms with Gasteiger partial charge in [0.15, 0.2) is 5.82 Å². The number of pyridine rings is 1. The largest absolute Gasteiger partial charge is 0.477 e. The summed E-state index contributed by atoms with van der Waals surface area (Å²) < 4.78 is 45.2. The molecule has 0 aliphatic heterocycles. The van der Waals surface area contributed by atoms with Crippen LogP contribution in [-0.4, -0.2) is 33.5 Å². The molecule has 2 aromatic heterocycles. The first-order valence-electron chi connectivity index (χ1n) is 7.44. The van der Waals surface area contributed by atoms with E-state index in [1.165, 1.54) is 29.1 Å². The molecule has 1 saturated carbocycles. The molecule has 3 rings (SSSR count). The van der Waals surface area contributed by atoms with Crippen LogP contribution in [0, 0.1) is 5.41 Å². The first-order valence-corrected chi connectivity index (χ1v) is 7.82. The van der Waals surface area contributed by atoms with Crippen LogP contribution in [0.4, 0.5) is 13.2 Å². The molecule has 1 fully saturated rings. The van der Waals surface area contributed by atoms with Crippen molar-refractivity contribution in [3.63, 3.8) is 0 Å². The molecule has 0 unspecified atom stereocenters. The molecule has 2 aromatic rings. The van der Waals surface area contributed by atoms with Gasteiger partial charge in [-0.25, -0.2) is 9.67 Å². The first kappa shape index (κ1) is 17.5. The molecule has 6 nitrogen and oxygen atoms in total. The highest BCUT2D eigenvalue weighted by atomic mass is 35.5. The van der Waals surface area contributed by atoms with Gasteiger partial charge in [0.25, 0.3) is 5.91 Å². The van der Waals surface area contributed by atoms with Gasteiger partial charge in [-0.05, 0) is 31.4 Å². The fourth-order valence-electron chi connectivity index (χ4n) is 2.42. The van der Waals surface area contributed by atoms with Crippen LogP contribution >= 0.6 is 11.6 Å². The van der Waals surface area contributed by atoms with Crippen LogP contribution in [0.3, 0.4) is 0 Å². The zero-order chi connectivity index (χ0) is 18.2. The van der Waals surface area contributed by atoms with Gasteiger partial charge in [0.05, 0.1) is 17.6 Å². The van der Waals surface area contributed by atoms with Gasteiger partial charge < -0.3 is 10.5 Å². The highest BCUT2D eigenvalue weighted by Gasteiger charge is 2.62. The SMILES string of the molecule is NC(=O)c1ccc(-n2ccc(OCCC3(C(F)(F)F)CC3)n2)nc1Cl. The van der Waals surface area contributed by atoms with Gasteiger partial charge in [-0.3, -0.25) is 4.79 Å². The van der Waals surface area contributed by atoms with Crippen molar-refractivity contribution >= 4 is 17.5 Å². The third-order valence-corrected chi connectivity index (χ3v) is 4.47. The molecule has 0 spiro atoms. The Labute approximate surface area is 145 Å². The number of primary amides is 1. The minimum atomic E-state index is -4.20. The minimum Gasteiger partial charge on any atom is -0.477 e. The van der Waals surface area contributed by atoms with E-state index in [0.717, 1.165) is 0 Å². The smallest absolute Gasteiger partial charge is 0.394 e. The number of halogens is 4. The number of ether oxygens (including phenoxy) is 1. The summed E-state index contributed by atoms with van der Waals surface area (Å²) in [6, 6.07) is 4.41. The van der Waals surface area contributed by atoms with Crippen LogP contribution in [0.25, 0.3) is 5.82 Å². The first-order chi connectivity index (χ1) is 11.7. The predicted molar refractivity (Wildman–Crippen MR) is 82.7 cm³/mol. The summed E-state index contributed by atoms with van der Waals surface area (Å²) in [4.78, 5) is 15.1. The van der Waals surface area contributed by atoms with Crippen molar-refractivity contribution in [3.8, 4) is 11.7 Å². The molecule has 2 heterocycles. The minimum absolute atomic E-state index is 0.0659. The summed E-state index contributed by atoms with van der Waals surface area (Å²) in [6.07, 6.45) is -2.49. The van der Waals surface area contributed by atoms with E-state index in [2.05, 4.69) is 10.1 Å². The molecule has 1 aliphatic rings. The number of nitrogens with zero attached hydrogens (tertiary/aromatic N) is 3. The fraction of sp³-hybridized carbons (Fsp3) is 0.400. The van der Waals surface area contributed by atoms with E-state index in [1.807, 2.05) is 0 Å². The van der Waals surface area contributed by atoms with Gasteiger partial charge in [-0.15, -0.1) is 5.10 Å². The number of rotatable bonds is 6. The molecule has 1 aliphatic carbocycles. The quantitative estimate of drug-likeness (QED) is 0.787. The summed E-state index contributed by atoms with van der Waals surface area (Å²) >= 11 is 5.87. The lowest BCUT2D eigenvalue weighted by molar-refractivity contribution is -0.190. The Morgan fingerprint density at radius 1 is 1.36 bits per heavy atom. The monoisotopic (exact) mass is 374 g/mol. The Morgan fingerprint density at radius 2 is 2.08 bits per heavy atom.